The van der Waals surface area contributed by atoms with E-state index in [0.717, 1.165) is 25.7 Å². The minimum absolute atomic E-state index is 0.241. The maximum atomic E-state index is 12.1. The van der Waals surface area contributed by atoms with Crippen LogP contribution in [0.25, 0.3) is 0 Å². The molecule has 0 spiro atoms. The number of hydrogen-bond acceptors (Lipinski definition) is 2. The fraction of sp³-hybridized carbons (Fsp3) is 0.846. The number of nitrogens with one attached hydrogen (secondary N) is 1. The molecule has 0 heterocycles. The highest BCUT2D eigenvalue weighted by molar-refractivity contribution is 5.86. The largest absolute Gasteiger partial charge is 0.480 e. The third kappa shape index (κ3) is 3.37. The highest BCUT2D eigenvalue weighted by Gasteiger charge is 2.43. The van der Waals surface area contributed by atoms with Crippen LogP contribution in [0.5, 0.6) is 0 Å². The first kappa shape index (κ1) is 14.8. The van der Waals surface area contributed by atoms with Gasteiger partial charge in [0.1, 0.15) is 5.54 Å². The lowest BCUT2D eigenvalue weighted by molar-refractivity contribution is -0.144. The van der Waals surface area contributed by atoms with Crippen molar-refractivity contribution in [3.05, 3.63) is 0 Å². The molecule has 1 rings (SSSR count). The van der Waals surface area contributed by atoms with E-state index in [1.807, 2.05) is 6.92 Å². The Balaban J connectivity index is 2.62. The Morgan fingerprint density at radius 3 is 2.33 bits per heavy atom. The number of carboxylic acids is 1. The van der Waals surface area contributed by atoms with Crippen LogP contribution in [0.2, 0.25) is 0 Å². The lowest BCUT2D eigenvalue weighted by atomic mass is 9.98. The summed E-state index contributed by atoms with van der Waals surface area (Å²) in [5.74, 6) is -0.903. The molecule has 0 aliphatic heterocycles. The molecule has 0 unspecified atom stereocenters. The Hall–Kier alpha value is -1.26. The van der Waals surface area contributed by atoms with Crippen molar-refractivity contribution in [2.24, 2.45) is 0 Å². The number of carboxylic acid groups (broad SMARTS) is 1. The topological polar surface area (TPSA) is 69.6 Å². The molecule has 1 aliphatic rings. The average Bonchev–Trinajstić information content (AvgIpc) is 2.80. The van der Waals surface area contributed by atoms with Gasteiger partial charge < -0.3 is 15.3 Å². The number of urea groups is 1. The molecule has 0 aromatic carbocycles. The number of carbonyl (C=O) groups excluding carboxylic acids is 1. The highest BCUT2D eigenvalue weighted by Crippen LogP contribution is 2.30. The zero-order valence-electron chi connectivity index (χ0n) is 11.4. The van der Waals surface area contributed by atoms with Crippen LogP contribution in [0, 0.1) is 0 Å². The fourth-order valence-electron chi connectivity index (χ4n) is 2.41. The van der Waals surface area contributed by atoms with Gasteiger partial charge in [0.15, 0.2) is 0 Å². The van der Waals surface area contributed by atoms with E-state index in [9.17, 15) is 14.7 Å². The van der Waals surface area contributed by atoms with Crippen molar-refractivity contribution in [2.75, 3.05) is 13.1 Å². The van der Waals surface area contributed by atoms with Gasteiger partial charge in [-0.15, -0.1) is 0 Å². The molecule has 5 heteroatoms. The Labute approximate surface area is 109 Å². The van der Waals surface area contributed by atoms with Crippen LogP contribution < -0.4 is 5.32 Å². The van der Waals surface area contributed by atoms with E-state index in [1.54, 1.807) is 4.90 Å². The fourth-order valence-corrected chi connectivity index (χ4v) is 2.41. The number of nitrogens with zero attached hydrogens (tertiary/aromatic N) is 1. The van der Waals surface area contributed by atoms with Gasteiger partial charge >= 0.3 is 12.0 Å². The van der Waals surface area contributed by atoms with Crippen LogP contribution in [0.15, 0.2) is 0 Å². The molecule has 0 aromatic rings. The van der Waals surface area contributed by atoms with E-state index < -0.39 is 11.5 Å². The van der Waals surface area contributed by atoms with Crippen LogP contribution in [-0.2, 0) is 4.79 Å². The maximum absolute atomic E-state index is 12.1. The highest BCUT2D eigenvalue weighted by atomic mass is 16.4. The van der Waals surface area contributed by atoms with Crippen LogP contribution in [0.1, 0.15) is 52.4 Å². The molecule has 2 N–H and O–H groups in total. The van der Waals surface area contributed by atoms with Crippen molar-refractivity contribution in [1.29, 1.82) is 0 Å². The van der Waals surface area contributed by atoms with Crippen molar-refractivity contribution in [3.8, 4) is 0 Å². The van der Waals surface area contributed by atoms with Crippen molar-refractivity contribution in [2.45, 2.75) is 57.9 Å². The molecule has 0 radical (unpaired) electrons. The quantitative estimate of drug-likeness (QED) is 0.765. The molecule has 0 atom stereocenters. The molecule has 18 heavy (non-hydrogen) atoms. The van der Waals surface area contributed by atoms with Gasteiger partial charge in [0.05, 0.1) is 0 Å². The minimum atomic E-state index is -1.03. The number of aliphatic carboxylic acids is 1. The van der Waals surface area contributed by atoms with Crippen molar-refractivity contribution in [1.82, 2.24) is 10.2 Å². The van der Waals surface area contributed by atoms with Gasteiger partial charge in [0.2, 0.25) is 0 Å². The Morgan fingerprint density at radius 2 is 1.89 bits per heavy atom. The Morgan fingerprint density at radius 1 is 1.28 bits per heavy atom. The van der Waals surface area contributed by atoms with Crippen molar-refractivity contribution >= 4 is 12.0 Å². The zero-order valence-corrected chi connectivity index (χ0v) is 11.4. The smallest absolute Gasteiger partial charge is 0.329 e. The lowest BCUT2D eigenvalue weighted by Gasteiger charge is -2.29. The standard InChI is InChI=1S/C13H24N2O3/c1-3-5-10-15(4-2)12(18)14-13(11(16)17)8-6-7-9-13/h3-10H2,1-2H3,(H,14,18)(H,16,17). The number of amides is 2. The molecular formula is C13H24N2O3. The Kier molecular flexibility index (Phi) is 5.44. The number of rotatable bonds is 6. The van der Waals surface area contributed by atoms with E-state index in [-0.39, 0.29) is 6.03 Å². The molecule has 0 aromatic heterocycles. The molecular weight excluding hydrogens is 232 g/mol. The maximum Gasteiger partial charge on any atom is 0.329 e. The van der Waals surface area contributed by atoms with Gasteiger partial charge in [-0.1, -0.05) is 26.2 Å². The van der Waals surface area contributed by atoms with E-state index >= 15 is 0 Å². The summed E-state index contributed by atoms with van der Waals surface area (Å²) in [7, 11) is 0. The predicted octanol–water partition coefficient (Wildman–Crippen LogP) is 2.22. The van der Waals surface area contributed by atoms with Crippen LogP contribution >= 0.6 is 0 Å². The van der Waals surface area contributed by atoms with Gasteiger partial charge in [-0.2, -0.15) is 0 Å². The third-order valence-electron chi connectivity index (χ3n) is 3.66. The second kappa shape index (κ2) is 6.61. The summed E-state index contributed by atoms with van der Waals surface area (Å²) in [4.78, 5) is 25.1. The summed E-state index contributed by atoms with van der Waals surface area (Å²) >= 11 is 0. The summed E-state index contributed by atoms with van der Waals surface area (Å²) in [6.45, 7) is 5.29. The minimum Gasteiger partial charge on any atom is -0.480 e. The predicted molar refractivity (Wildman–Crippen MR) is 69.5 cm³/mol. The normalized spacial score (nSPS) is 17.4. The average molecular weight is 256 g/mol. The summed E-state index contributed by atoms with van der Waals surface area (Å²) in [5.41, 5.74) is -1.03. The van der Waals surface area contributed by atoms with Gasteiger partial charge in [-0.3, -0.25) is 0 Å². The van der Waals surface area contributed by atoms with E-state index in [0.29, 0.717) is 25.9 Å². The zero-order chi connectivity index (χ0) is 13.6. The molecule has 0 saturated heterocycles. The lowest BCUT2D eigenvalue weighted by Crippen LogP contribution is -2.56. The molecule has 0 bridgehead atoms. The monoisotopic (exact) mass is 256 g/mol. The Bertz CT molecular complexity index is 299. The van der Waals surface area contributed by atoms with Crippen LogP contribution in [-0.4, -0.2) is 40.6 Å². The first-order valence-corrected chi connectivity index (χ1v) is 6.86. The second-order valence-electron chi connectivity index (χ2n) is 4.96. The second-order valence-corrected chi connectivity index (χ2v) is 4.96. The van der Waals surface area contributed by atoms with E-state index in [2.05, 4.69) is 12.2 Å². The molecule has 5 nitrogen and oxygen atoms in total. The van der Waals surface area contributed by atoms with Crippen molar-refractivity contribution in [3.63, 3.8) is 0 Å². The van der Waals surface area contributed by atoms with Gasteiger partial charge in [0, 0.05) is 13.1 Å². The number of hydrogen-bond donors (Lipinski definition) is 2. The van der Waals surface area contributed by atoms with Gasteiger partial charge in [-0.25, -0.2) is 9.59 Å². The summed E-state index contributed by atoms with van der Waals surface area (Å²) in [6, 6.07) is -0.241. The molecule has 2 amide bonds. The van der Waals surface area contributed by atoms with Gasteiger partial charge in [-0.05, 0) is 26.2 Å². The first-order valence-electron chi connectivity index (χ1n) is 6.86. The molecule has 104 valence electrons. The summed E-state index contributed by atoms with van der Waals surface area (Å²) in [5, 5.41) is 12.0. The van der Waals surface area contributed by atoms with Crippen LogP contribution in [0.3, 0.4) is 0 Å². The summed E-state index contributed by atoms with van der Waals surface area (Å²) in [6.07, 6.45) is 4.79. The van der Waals surface area contributed by atoms with Crippen LogP contribution in [0.4, 0.5) is 4.79 Å². The summed E-state index contributed by atoms with van der Waals surface area (Å²) < 4.78 is 0. The van der Waals surface area contributed by atoms with Crippen molar-refractivity contribution < 1.29 is 14.7 Å². The SMILES string of the molecule is CCCCN(CC)C(=O)NC1(C(=O)O)CCCC1. The third-order valence-corrected chi connectivity index (χ3v) is 3.66. The van der Waals surface area contributed by atoms with Gasteiger partial charge in [0.25, 0.3) is 0 Å². The molecule has 1 aliphatic carbocycles. The molecule has 1 fully saturated rings. The van der Waals surface area contributed by atoms with E-state index in [4.69, 9.17) is 0 Å². The number of unbranched alkanes of at least 4 members (excludes halogenated alkanes) is 1. The van der Waals surface area contributed by atoms with E-state index in [1.165, 1.54) is 0 Å². The molecule has 1 saturated carbocycles. The first-order chi connectivity index (χ1) is 8.55. The number of carbonyl (C=O) groups is 2.